The van der Waals surface area contributed by atoms with Crippen LogP contribution in [0.5, 0.6) is 5.75 Å². The molecular formula is C35H33ClFNO6S2. The number of thioether (sulfide) groups is 1. The Hall–Kier alpha value is -3.10. The van der Waals surface area contributed by atoms with Gasteiger partial charge >= 0.3 is 5.97 Å². The van der Waals surface area contributed by atoms with Gasteiger partial charge in [0.2, 0.25) is 5.12 Å². The average molecular weight is 682 g/mol. The Labute approximate surface area is 280 Å². The van der Waals surface area contributed by atoms with Gasteiger partial charge in [0.1, 0.15) is 5.75 Å². The second-order valence-electron chi connectivity index (χ2n) is 13.0. The number of phenols is 1. The molecule has 0 spiro atoms. The number of allylic oxidation sites excluding steroid dienone is 4. The Morgan fingerprint density at radius 3 is 2.54 bits per heavy atom. The molecule has 7 nitrogen and oxygen atoms in total. The minimum absolute atomic E-state index is 0.0400. The highest BCUT2D eigenvalue weighted by molar-refractivity contribution is 8.14. The number of ether oxygens (including phenoxy) is 1. The fraction of sp³-hybridized carbons (Fsp3) is 0.429. The van der Waals surface area contributed by atoms with Crippen molar-refractivity contribution in [3.8, 4) is 11.8 Å². The van der Waals surface area contributed by atoms with Crippen LogP contribution in [-0.4, -0.2) is 50.2 Å². The molecule has 0 aliphatic heterocycles. The minimum atomic E-state index is -2.09. The number of nitriles is 1. The number of phenolic OH excluding ortho intramolecular Hbond substituents is 1. The quantitative estimate of drug-likeness (QED) is 0.304. The van der Waals surface area contributed by atoms with Gasteiger partial charge in [-0.15, -0.1) is 0 Å². The van der Waals surface area contributed by atoms with E-state index in [0.717, 1.165) is 21.6 Å². The first-order chi connectivity index (χ1) is 21.8. The number of alkyl halides is 1. The number of esters is 1. The van der Waals surface area contributed by atoms with Gasteiger partial charge in [-0.25, -0.2) is 9.18 Å². The van der Waals surface area contributed by atoms with Crippen LogP contribution >= 0.6 is 35.1 Å². The smallest absolute Gasteiger partial charge is 0.339 e. The molecule has 3 saturated carbocycles. The first-order valence-corrected chi connectivity index (χ1v) is 17.3. The number of aliphatic hydroxyl groups is 1. The van der Waals surface area contributed by atoms with E-state index in [0.29, 0.717) is 24.8 Å². The number of aliphatic hydroxyl groups excluding tert-OH is 1. The third kappa shape index (κ3) is 4.93. The lowest BCUT2D eigenvalue weighted by Gasteiger charge is -2.62. The number of rotatable bonds is 6. The van der Waals surface area contributed by atoms with Crippen molar-refractivity contribution in [2.24, 2.45) is 22.7 Å². The molecular weight excluding hydrogens is 649 g/mol. The van der Waals surface area contributed by atoms with E-state index < -0.39 is 51.1 Å². The van der Waals surface area contributed by atoms with Crippen LogP contribution in [0.3, 0.4) is 0 Å². The molecule has 11 heteroatoms. The highest BCUT2D eigenvalue weighted by atomic mass is 35.5. The second-order valence-corrected chi connectivity index (χ2v) is 15.5. The first kappa shape index (κ1) is 32.8. The zero-order chi connectivity index (χ0) is 33.1. The lowest BCUT2D eigenvalue weighted by molar-refractivity contribution is -0.214. The summed E-state index contributed by atoms with van der Waals surface area (Å²) in [6.45, 7) is 3.54. The summed E-state index contributed by atoms with van der Waals surface area (Å²) in [7, 11) is 0. The Morgan fingerprint density at radius 1 is 1.13 bits per heavy atom. The predicted octanol–water partition coefficient (Wildman–Crippen LogP) is 7.25. The highest BCUT2D eigenvalue weighted by Gasteiger charge is 2.75. The topological polar surface area (TPSA) is 125 Å². The van der Waals surface area contributed by atoms with E-state index in [9.17, 15) is 29.9 Å². The Balaban J connectivity index is 1.31. The number of carbonyl (C=O) groups excluding carboxylic acids is 3. The van der Waals surface area contributed by atoms with Gasteiger partial charge in [0.05, 0.1) is 28.5 Å². The van der Waals surface area contributed by atoms with Crippen molar-refractivity contribution in [3.05, 3.63) is 76.9 Å². The molecule has 4 aliphatic carbocycles. The van der Waals surface area contributed by atoms with Gasteiger partial charge in [0.25, 0.3) is 0 Å². The van der Waals surface area contributed by atoms with E-state index >= 15 is 4.39 Å². The number of aromatic hydroxyl groups is 1. The van der Waals surface area contributed by atoms with Gasteiger partial charge in [0, 0.05) is 26.5 Å². The molecule has 7 atom stereocenters. The first-order valence-electron chi connectivity index (χ1n) is 15.1. The number of carbonyl (C=O) groups is 3. The Kier molecular flexibility index (Phi) is 8.46. The SMILES string of the molecule is C[C@]12C=CC(=O)C=C1CC[C@H]1[C@@H]3CC[C@](OC(=O)c4ccc(Sc5ccc(Cl)c(O)c5)cc4)(C(=O)SCC#N)[C@@]3(C)C[C@H](O)[C@@]12F. The van der Waals surface area contributed by atoms with Crippen molar-refractivity contribution >= 4 is 52.0 Å². The number of hydrogen-bond donors (Lipinski definition) is 2. The predicted molar refractivity (Wildman–Crippen MR) is 173 cm³/mol. The van der Waals surface area contributed by atoms with Crippen LogP contribution in [0.1, 0.15) is 56.3 Å². The van der Waals surface area contributed by atoms with Crippen molar-refractivity contribution in [3.63, 3.8) is 0 Å². The van der Waals surface area contributed by atoms with Crippen molar-refractivity contribution < 1.29 is 33.7 Å². The van der Waals surface area contributed by atoms with Crippen LogP contribution < -0.4 is 0 Å². The van der Waals surface area contributed by atoms with Crippen molar-refractivity contribution in [2.45, 2.75) is 73.1 Å². The lowest BCUT2D eigenvalue weighted by atomic mass is 9.45. The molecule has 0 aromatic heterocycles. The van der Waals surface area contributed by atoms with Crippen LogP contribution in [0, 0.1) is 34.0 Å². The summed E-state index contributed by atoms with van der Waals surface area (Å²) >= 11 is 8.04. The second kappa shape index (κ2) is 11.9. The van der Waals surface area contributed by atoms with E-state index in [1.165, 1.54) is 23.9 Å². The van der Waals surface area contributed by atoms with Crippen molar-refractivity contribution in [1.29, 1.82) is 5.26 Å². The van der Waals surface area contributed by atoms with E-state index in [1.54, 1.807) is 62.4 Å². The molecule has 0 radical (unpaired) electrons. The third-order valence-electron chi connectivity index (χ3n) is 10.9. The monoisotopic (exact) mass is 681 g/mol. The van der Waals surface area contributed by atoms with Gasteiger partial charge in [-0.05, 0) is 99.6 Å². The summed E-state index contributed by atoms with van der Waals surface area (Å²) < 4.78 is 23.8. The van der Waals surface area contributed by atoms with Crippen LogP contribution in [0.2, 0.25) is 5.02 Å². The lowest BCUT2D eigenvalue weighted by Crippen LogP contribution is -2.69. The number of halogens is 2. The zero-order valence-electron chi connectivity index (χ0n) is 25.3. The maximum atomic E-state index is 17.6. The standard InChI is InChI=1S/C35H33ClFNO6S2/c1-32-13-11-22(39)17-21(32)5-9-26-25-12-14-34(31(43)45-16-15-38,33(25,2)19-29(41)35(26,32)37)44-30(42)20-3-6-23(7-4-20)46-24-8-10-27(36)28(40)18-24/h3-4,6-8,10-11,13,17-18,25-26,29,40-41H,5,9,12,14,16,19H2,1-2H3/t25-,26-,29-,32-,33-,34-,35-/m0/s1. The summed E-state index contributed by atoms with van der Waals surface area (Å²) in [5.41, 5.74) is -5.21. The molecule has 0 heterocycles. The molecule has 240 valence electrons. The molecule has 3 fully saturated rings. The summed E-state index contributed by atoms with van der Waals surface area (Å²) in [6, 6.07) is 13.5. The van der Waals surface area contributed by atoms with Gasteiger partial charge < -0.3 is 14.9 Å². The number of hydrogen-bond acceptors (Lipinski definition) is 9. The van der Waals surface area contributed by atoms with Crippen LogP contribution in [0.25, 0.3) is 0 Å². The highest BCUT2D eigenvalue weighted by Crippen LogP contribution is 2.70. The number of ketones is 1. The molecule has 6 rings (SSSR count). The molecule has 0 unspecified atom stereocenters. The van der Waals surface area contributed by atoms with Gasteiger partial charge in [-0.2, -0.15) is 5.26 Å². The molecule has 0 bridgehead atoms. The number of fused-ring (bicyclic) bond motifs is 5. The van der Waals surface area contributed by atoms with E-state index in [1.807, 2.05) is 6.07 Å². The molecule has 4 aliphatic rings. The largest absolute Gasteiger partial charge is 0.506 e. The normalized spacial score (nSPS) is 34.5. The van der Waals surface area contributed by atoms with Crippen LogP contribution in [0.15, 0.2) is 76.1 Å². The van der Waals surface area contributed by atoms with E-state index in [2.05, 4.69) is 0 Å². The summed E-state index contributed by atoms with van der Waals surface area (Å²) in [5.74, 6) is -2.17. The summed E-state index contributed by atoms with van der Waals surface area (Å²) in [4.78, 5) is 41.5. The Morgan fingerprint density at radius 2 is 1.85 bits per heavy atom. The van der Waals surface area contributed by atoms with Crippen molar-refractivity contribution in [1.82, 2.24) is 0 Å². The number of nitrogens with zero attached hydrogens (tertiary/aromatic N) is 1. The van der Waals surface area contributed by atoms with Gasteiger partial charge in [-0.3, -0.25) is 9.59 Å². The maximum absolute atomic E-state index is 17.6. The van der Waals surface area contributed by atoms with E-state index in [-0.39, 0.29) is 40.7 Å². The third-order valence-corrected chi connectivity index (χ3v) is 13.1. The fourth-order valence-corrected chi connectivity index (χ4v) is 10.3. The zero-order valence-corrected chi connectivity index (χ0v) is 27.7. The van der Waals surface area contributed by atoms with Crippen LogP contribution in [0.4, 0.5) is 4.39 Å². The fourth-order valence-electron chi connectivity index (χ4n) is 8.53. The van der Waals surface area contributed by atoms with Crippen molar-refractivity contribution in [2.75, 3.05) is 5.75 Å². The van der Waals surface area contributed by atoms with Crippen LogP contribution in [-0.2, 0) is 14.3 Å². The maximum Gasteiger partial charge on any atom is 0.339 e. The van der Waals surface area contributed by atoms with E-state index in [4.69, 9.17) is 16.3 Å². The minimum Gasteiger partial charge on any atom is -0.506 e. The average Bonchev–Trinajstić information content (AvgIpc) is 3.31. The molecule has 46 heavy (non-hydrogen) atoms. The molecule has 2 aromatic rings. The molecule has 2 N–H and O–H groups in total. The molecule has 0 saturated heterocycles. The van der Waals surface area contributed by atoms with Gasteiger partial charge in [-0.1, -0.05) is 53.7 Å². The van der Waals surface area contributed by atoms with Gasteiger partial charge in [0.15, 0.2) is 17.1 Å². The number of benzene rings is 2. The Bertz CT molecular complexity index is 1720. The molecule has 0 amide bonds. The molecule has 2 aromatic carbocycles. The summed E-state index contributed by atoms with van der Waals surface area (Å²) in [5, 5.41) is 30.7. The summed E-state index contributed by atoms with van der Waals surface area (Å²) in [6.07, 6.45) is 4.17.